The van der Waals surface area contributed by atoms with Gasteiger partial charge >= 0.3 is 0 Å². The average Bonchev–Trinajstić information content (AvgIpc) is 3.11. The highest BCUT2D eigenvalue weighted by atomic mass is 16.7. The molecule has 0 saturated heterocycles. The van der Waals surface area contributed by atoms with Crippen LogP contribution < -0.4 is 10.1 Å². The van der Waals surface area contributed by atoms with Gasteiger partial charge in [-0.1, -0.05) is 5.16 Å². The first kappa shape index (κ1) is 16.0. The Morgan fingerprint density at radius 2 is 2.08 bits per heavy atom. The van der Waals surface area contributed by atoms with Crippen molar-refractivity contribution in [1.82, 2.24) is 9.78 Å². The smallest absolute Gasteiger partial charge is 0.272 e. The zero-order valence-electron chi connectivity index (χ0n) is 14.2. The lowest BCUT2D eigenvalue weighted by molar-refractivity contribution is -0.136. The van der Waals surface area contributed by atoms with Crippen molar-refractivity contribution in [3.8, 4) is 5.75 Å². The van der Waals surface area contributed by atoms with Gasteiger partial charge in [-0.15, -0.1) is 0 Å². The second-order valence-corrected chi connectivity index (χ2v) is 6.01. The molecule has 1 aromatic carbocycles. The monoisotopic (exact) mass is 328 g/mol. The topological polar surface area (TPSA) is 77.7 Å². The van der Waals surface area contributed by atoms with Crippen LogP contribution in [0.3, 0.4) is 0 Å². The van der Waals surface area contributed by atoms with Gasteiger partial charge < -0.3 is 14.9 Å². The number of benzene rings is 1. The van der Waals surface area contributed by atoms with Crippen molar-refractivity contribution in [3.63, 3.8) is 0 Å². The van der Waals surface area contributed by atoms with Gasteiger partial charge in [-0.2, -0.15) is 5.10 Å². The number of methoxy groups -OCH3 is 1. The zero-order valence-corrected chi connectivity index (χ0v) is 14.2. The fourth-order valence-electron chi connectivity index (χ4n) is 2.58. The Labute approximate surface area is 140 Å². The molecule has 1 N–H and O–H groups in total. The number of anilines is 1. The normalized spacial score (nSPS) is 19.6. The van der Waals surface area contributed by atoms with E-state index in [-0.39, 0.29) is 5.91 Å². The molecule has 0 spiro atoms. The number of nitrogens with one attached hydrogen (secondary N) is 1. The van der Waals surface area contributed by atoms with E-state index in [9.17, 15) is 4.79 Å². The van der Waals surface area contributed by atoms with Gasteiger partial charge in [0.2, 0.25) is 5.60 Å². The third kappa shape index (κ3) is 2.97. The summed E-state index contributed by atoms with van der Waals surface area (Å²) in [7, 11) is 3.40. The molecule has 1 aliphatic heterocycles. The van der Waals surface area contributed by atoms with E-state index >= 15 is 0 Å². The molecule has 0 saturated carbocycles. The van der Waals surface area contributed by atoms with E-state index in [4.69, 9.17) is 9.57 Å². The molecular weight excluding hydrogens is 308 g/mol. The predicted octanol–water partition coefficient (Wildman–Crippen LogP) is 2.26. The number of ether oxygens (including phenoxy) is 1. The van der Waals surface area contributed by atoms with Crippen LogP contribution in [0.25, 0.3) is 0 Å². The largest absolute Gasteiger partial charge is 0.497 e. The maximum absolute atomic E-state index is 12.6. The van der Waals surface area contributed by atoms with Crippen molar-refractivity contribution in [2.75, 3.05) is 12.4 Å². The Balaban J connectivity index is 1.71. The number of carbonyl (C=O) groups is 1. The Morgan fingerprint density at radius 3 is 2.67 bits per heavy atom. The van der Waals surface area contributed by atoms with Crippen LogP contribution in [0.1, 0.15) is 24.6 Å². The van der Waals surface area contributed by atoms with Gasteiger partial charge in [0.25, 0.3) is 5.91 Å². The van der Waals surface area contributed by atoms with Crippen LogP contribution in [0.15, 0.2) is 35.5 Å². The second-order valence-electron chi connectivity index (χ2n) is 6.01. The molecule has 1 aliphatic rings. The molecule has 1 atom stereocenters. The number of aromatic nitrogens is 2. The van der Waals surface area contributed by atoms with Crippen LogP contribution in [-0.2, 0) is 16.7 Å². The van der Waals surface area contributed by atoms with Crippen LogP contribution in [0.5, 0.6) is 5.75 Å². The van der Waals surface area contributed by atoms with Crippen molar-refractivity contribution < 1.29 is 14.4 Å². The molecule has 126 valence electrons. The van der Waals surface area contributed by atoms with Crippen LogP contribution in [0, 0.1) is 6.92 Å². The zero-order chi connectivity index (χ0) is 17.3. The molecule has 2 heterocycles. The average molecular weight is 328 g/mol. The van der Waals surface area contributed by atoms with Crippen molar-refractivity contribution in [3.05, 3.63) is 41.6 Å². The Hall–Kier alpha value is -2.83. The van der Waals surface area contributed by atoms with E-state index in [0.717, 1.165) is 22.7 Å². The van der Waals surface area contributed by atoms with Crippen LogP contribution >= 0.6 is 0 Å². The van der Waals surface area contributed by atoms with E-state index in [1.165, 1.54) is 0 Å². The molecule has 1 aromatic heterocycles. The van der Waals surface area contributed by atoms with Crippen molar-refractivity contribution in [1.29, 1.82) is 0 Å². The molecule has 1 amide bonds. The molecule has 3 rings (SSSR count). The molecule has 2 aromatic rings. The summed E-state index contributed by atoms with van der Waals surface area (Å²) in [5.41, 5.74) is 1.42. The second kappa shape index (κ2) is 5.99. The highest BCUT2D eigenvalue weighted by Crippen LogP contribution is 2.28. The summed E-state index contributed by atoms with van der Waals surface area (Å²) in [5, 5.41) is 11.2. The molecular formula is C17H20N4O3. The summed E-state index contributed by atoms with van der Waals surface area (Å²) in [6, 6.07) is 9.31. The molecule has 0 aliphatic carbocycles. The summed E-state index contributed by atoms with van der Waals surface area (Å²) in [4.78, 5) is 18.1. The van der Waals surface area contributed by atoms with Gasteiger partial charge in [0.1, 0.15) is 11.6 Å². The molecule has 0 radical (unpaired) electrons. The minimum Gasteiger partial charge on any atom is -0.497 e. The summed E-state index contributed by atoms with van der Waals surface area (Å²) in [6.45, 7) is 3.60. The van der Waals surface area contributed by atoms with Crippen molar-refractivity contribution in [2.45, 2.75) is 25.9 Å². The number of nitrogens with zero attached hydrogens (tertiary/aromatic N) is 3. The minimum absolute atomic E-state index is 0.252. The maximum Gasteiger partial charge on any atom is 0.272 e. The minimum atomic E-state index is -1.05. The van der Waals surface area contributed by atoms with Crippen molar-refractivity contribution >= 4 is 17.4 Å². The van der Waals surface area contributed by atoms with E-state index in [0.29, 0.717) is 12.2 Å². The van der Waals surface area contributed by atoms with Gasteiger partial charge in [0.15, 0.2) is 0 Å². The van der Waals surface area contributed by atoms with Gasteiger partial charge in [0, 0.05) is 19.5 Å². The SMILES string of the molecule is COc1ccc(C2=NO[C@@](C)(C(=O)Nc3cc(C)nn3C)C2)cc1. The summed E-state index contributed by atoms with van der Waals surface area (Å²) >= 11 is 0. The van der Waals surface area contributed by atoms with E-state index in [1.807, 2.05) is 31.2 Å². The number of aryl methyl sites for hydroxylation is 2. The lowest BCUT2D eigenvalue weighted by Gasteiger charge is -2.20. The quantitative estimate of drug-likeness (QED) is 0.934. The molecule has 7 nitrogen and oxygen atoms in total. The van der Waals surface area contributed by atoms with Crippen molar-refractivity contribution in [2.24, 2.45) is 12.2 Å². The number of hydrogen-bond donors (Lipinski definition) is 1. The number of hydrogen-bond acceptors (Lipinski definition) is 5. The molecule has 24 heavy (non-hydrogen) atoms. The molecule has 0 unspecified atom stereocenters. The van der Waals surface area contributed by atoms with Gasteiger partial charge in [-0.05, 0) is 43.7 Å². The highest BCUT2D eigenvalue weighted by Gasteiger charge is 2.42. The number of carbonyl (C=O) groups excluding carboxylic acids is 1. The lowest BCUT2D eigenvalue weighted by atomic mass is 9.95. The first-order valence-electron chi connectivity index (χ1n) is 7.63. The summed E-state index contributed by atoms with van der Waals surface area (Å²) < 4.78 is 6.77. The van der Waals surface area contributed by atoms with E-state index in [2.05, 4.69) is 15.6 Å². The molecule has 7 heteroatoms. The Bertz CT molecular complexity index is 795. The van der Waals surface area contributed by atoms with Gasteiger partial charge in [-0.25, -0.2) is 0 Å². The first-order valence-corrected chi connectivity index (χ1v) is 7.63. The number of amides is 1. The van der Waals surface area contributed by atoms with E-state index in [1.54, 1.807) is 31.8 Å². The van der Waals surface area contributed by atoms with E-state index < -0.39 is 5.60 Å². The summed E-state index contributed by atoms with van der Waals surface area (Å²) in [5.74, 6) is 1.14. The van der Waals surface area contributed by atoms with Gasteiger partial charge in [0.05, 0.1) is 18.5 Å². The fourth-order valence-corrected chi connectivity index (χ4v) is 2.58. The molecule has 0 fully saturated rings. The Morgan fingerprint density at radius 1 is 1.38 bits per heavy atom. The fraction of sp³-hybridized carbons (Fsp3) is 0.353. The summed E-state index contributed by atoms with van der Waals surface area (Å²) in [6.07, 6.45) is 0.391. The van der Waals surface area contributed by atoms with Crippen LogP contribution in [0.2, 0.25) is 0 Å². The third-order valence-corrected chi connectivity index (χ3v) is 4.01. The number of oxime groups is 1. The third-order valence-electron chi connectivity index (χ3n) is 4.01. The maximum atomic E-state index is 12.6. The predicted molar refractivity (Wildman–Crippen MR) is 90.2 cm³/mol. The number of rotatable bonds is 4. The lowest BCUT2D eigenvalue weighted by Crippen LogP contribution is -2.40. The Kier molecular flexibility index (Phi) is 4.01. The molecule has 0 bridgehead atoms. The highest BCUT2D eigenvalue weighted by molar-refractivity contribution is 6.07. The van der Waals surface area contributed by atoms with Crippen LogP contribution in [0.4, 0.5) is 5.82 Å². The first-order chi connectivity index (χ1) is 11.4. The standard InChI is InChI=1S/C17H20N4O3/c1-11-9-15(21(3)19-11)18-16(22)17(2)10-14(20-24-17)12-5-7-13(23-4)8-6-12/h5-9H,10H2,1-4H3,(H,18,22)/t17-/m1/s1. The van der Waals surface area contributed by atoms with Gasteiger partial charge in [-0.3, -0.25) is 9.48 Å². The van der Waals surface area contributed by atoms with Crippen LogP contribution in [-0.4, -0.2) is 34.1 Å².